The minimum atomic E-state index is -1.18. The van der Waals surface area contributed by atoms with Crippen LogP contribution in [0.15, 0.2) is 12.1 Å². The first-order chi connectivity index (χ1) is 7.57. The Hall–Kier alpha value is -1.69. The van der Waals surface area contributed by atoms with Gasteiger partial charge in [-0.25, -0.2) is 8.78 Å². The second-order valence-electron chi connectivity index (χ2n) is 2.85. The number of hydrogen-bond acceptors (Lipinski definition) is 3. The van der Waals surface area contributed by atoms with Crippen LogP contribution in [0, 0.1) is 11.6 Å². The fourth-order valence-electron chi connectivity index (χ4n) is 1.06. The number of primary amides is 1. The average Bonchev–Trinajstić information content (AvgIpc) is 2.21. The fraction of sp³-hybridized carbons (Fsp3) is 0.300. The molecule has 0 radical (unpaired) electrons. The minimum Gasteiger partial charge on any atom is -0.464 e. The predicted molar refractivity (Wildman–Crippen MR) is 52.0 cm³/mol. The number of nitrogens with two attached hydrogens (primary N) is 1. The highest BCUT2D eigenvalue weighted by atomic mass is 19.1. The first-order valence-electron chi connectivity index (χ1n) is 4.56. The average molecular weight is 231 g/mol. The first kappa shape index (κ1) is 12.4. The van der Waals surface area contributed by atoms with E-state index < -0.39 is 23.1 Å². The molecule has 1 rings (SSSR count). The van der Waals surface area contributed by atoms with Crippen LogP contribution in [0.3, 0.4) is 0 Å². The summed E-state index contributed by atoms with van der Waals surface area (Å²) >= 11 is 0. The summed E-state index contributed by atoms with van der Waals surface area (Å²) in [6.45, 7) is 1.95. The highest BCUT2D eigenvalue weighted by Gasteiger charge is 2.18. The Labute approximate surface area is 91.0 Å². The monoisotopic (exact) mass is 231 g/mol. The Bertz CT molecular complexity index is 396. The van der Waals surface area contributed by atoms with Crippen LogP contribution in [-0.2, 0) is 4.74 Å². The zero-order chi connectivity index (χ0) is 12.1. The molecule has 0 atom stereocenters. The number of amides is 1. The molecule has 0 bridgehead atoms. The lowest BCUT2D eigenvalue weighted by molar-refractivity contribution is 0.0199. The van der Waals surface area contributed by atoms with Crippen LogP contribution in [0.1, 0.15) is 17.3 Å². The molecule has 0 aliphatic heterocycles. The molecule has 0 spiro atoms. The van der Waals surface area contributed by atoms with Crippen molar-refractivity contribution in [2.24, 2.45) is 5.73 Å². The molecule has 0 aromatic heterocycles. The second-order valence-corrected chi connectivity index (χ2v) is 2.85. The van der Waals surface area contributed by atoms with Gasteiger partial charge in [-0.1, -0.05) is 0 Å². The van der Waals surface area contributed by atoms with Crippen molar-refractivity contribution >= 4 is 5.91 Å². The lowest BCUT2D eigenvalue weighted by Gasteiger charge is -2.09. The largest absolute Gasteiger partial charge is 0.464 e. The minimum absolute atomic E-state index is 0.183. The Morgan fingerprint density at radius 3 is 2.69 bits per heavy atom. The predicted octanol–water partition coefficient (Wildman–Crippen LogP) is 1.44. The van der Waals surface area contributed by atoms with E-state index in [1.807, 2.05) is 0 Å². The number of benzene rings is 1. The molecule has 0 heterocycles. The molecular formula is C10H11F2NO3. The molecule has 4 nitrogen and oxygen atoms in total. The van der Waals surface area contributed by atoms with Crippen LogP contribution in [0.2, 0.25) is 0 Å². The number of carbonyl (C=O) groups is 1. The van der Waals surface area contributed by atoms with Gasteiger partial charge < -0.3 is 15.2 Å². The van der Waals surface area contributed by atoms with Crippen LogP contribution < -0.4 is 10.5 Å². The molecule has 0 aliphatic rings. The van der Waals surface area contributed by atoms with Crippen LogP contribution in [0.5, 0.6) is 5.75 Å². The van der Waals surface area contributed by atoms with Gasteiger partial charge in [-0.2, -0.15) is 0 Å². The van der Waals surface area contributed by atoms with E-state index >= 15 is 0 Å². The zero-order valence-electron chi connectivity index (χ0n) is 8.63. The van der Waals surface area contributed by atoms with Gasteiger partial charge in [0.05, 0.1) is 0 Å². The number of ether oxygens (including phenoxy) is 2. The van der Waals surface area contributed by atoms with Crippen LogP contribution in [-0.4, -0.2) is 19.3 Å². The van der Waals surface area contributed by atoms with Gasteiger partial charge in [-0.05, 0) is 19.1 Å². The van der Waals surface area contributed by atoms with E-state index in [0.717, 1.165) is 12.1 Å². The lowest BCUT2D eigenvalue weighted by Crippen LogP contribution is -2.16. The van der Waals surface area contributed by atoms with Gasteiger partial charge in [0.1, 0.15) is 11.4 Å². The molecule has 0 fully saturated rings. The maximum atomic E-state index is 13.5. The van der Waals surface area contributed by atoms with Crippen molar-refractivity contribution in [2.75, 3.05) is 13.4 Å². The van der Waals surface area contributed by atoms with Gasteiger partial charge in [-0.3, -0.25) is 4.79 Å². The quantitative estimate of drug-likeness (QED) is 0.616. The maximum Gasteiger partial charge on any atom is 0.254 e. The smallest absolute Gasteiger partial charge is 0.254 e. The standard InChI is InChI=1S/C10H11F2NO3/c1-2-15-5-16-7-4-3-6(11)8(9(7)12)10(13)14/h3-4H,2,5H2,1H3,(H2,13,14). The normalized spacial score (nSPS) is 10.2. The van der Waals surface area contributed by atoms with Crippen molar-refractivity contribution in [3.8, 4) is 5.75 Å². The van der Waals surface area contributed by atoms with Crippen molar-refractivity contribution < 1.29 is 23.0 Å². The Morgan fingerprint density at radius 1 is 1.44 bits per heavy atom. The zero-order valence-corrected chi connectivity index (χ0v) is 8.63. The molecule has 0 saturated heterocycles. The van der Waals surface area contributed by atoms with E-state index in [1.165, 1.54) is 0 Å². The Balaban J connectivity index is 2.95. The highest BCUT2D eigenvalue weighted by molar-refractivity contribution is 5.93. The van der Waals surface area contributed by atoms with Crippen LogP contribution >= 0.6 is 0 Å². The summed E-state index contributed by atoms with van der Waals surface area (Å²) in [5.74, 6) is -3.60. The van der Waals surface area contributed by atoms with Gasteiger partial charge in [0, 0.05) is 6.61 Å². The summed E-state index contributed by atoms with van der Waals surface area (Å²) in [6.07, 6.45) is 0. The first-order valence-corrected chi connectivity index (χ1v) is 4.56. The molecule has 0 unspecified atom stereocenters. The third kappa shape index (κ3) is 2.66. The molecule has 6 heteroatoms. The van der Waals surface area contributed by atoms with Crippen molar-refractivity contribution in [3.63, 3.8) is 0 Å². The molecule has 1 aromatic carbocycles. The molecule has 2 N–H and O–H groups in total. The summed E-state index contributed by atoms with van der Waals surface area (Å²) in [5.41, 5.74) is 4.02. The third-order valence-corrected chi connectivity index (χ3v) is 1.80. The number of rotatable bonds is 5. The van der Waals surface area contributed by atoms with Gasteiger partial charge in [0.25, 0.3) is 5.91 Å². The van der Waals surface area contributed by atoms with Crippen LogP contribution in [0.25, 0.3) is 0 Å². The summed E-state index contributed by atoms with van der Waals surface area (Å²) in [4.78, 5) is 10.8. The number of halogens is 2. The van der Waals surface area contributed by atoms with Crippen molar-refractivity contribution in [3.05, 3.63) is 29.3 Å². The third-order valence-electron chi connectivity index (χ3n) is 1.80. The van der Waals surface area contributed by atoms with Gasteiger partial charge in [0.15, 0.2) is 18.4 Å². The van der Waals surface area contributed by atoms with Crippen LogP contribution in [0.4, 0.5) is 8.78 Å². The molecule has 1 amide bonds. The molecule has 16 heavy (non-hydrogen) atoms. The van der Waals surface area contributed by atoms with E-state index in [0.29, 0.717) is 6.61 Å². The number of carbonyl (C=O) groups excluding carboxylic acids is 1. The Morgan fingerprint density at radius 2 is 2.12 bits per heavy atom. The lowest BCUT2D eigenvalue weighted by atomic mass is 10.2. The molecule has 1 aromatic rings. The summed E-state index contributed by atoms with van der Waals surface area (Å²) in [7, 11) is 0. The summed E-state index contributed by atoms with van der Waals surface area (Å²) in [6, 6.07) is 1.97. The van der Waals surface area contributed by atoms with Gasteiger partial charge in [-0.15, -0.1) is 0 Å². The topological polar surface area (TPSA) is 61.6 Å². The SMILES string of the molecule is CCOCOc1ccc(F)c(C(N)=O)c1F. The fourth-order valence-corrected chi connectivity index (χ4v) is 1.06. The number of hydrogen-bond donors (Lipinski definition) is 1. The van der Waals surface area contributed by atoms with E-state index in [9.17, 15) is 13.6 Å². The van der Waals surface area contributed by atoms with Crippen molar-refractivity contribution in [1.29, 1.82) is 0 Å². The summed E-state index contributed by atoms with van der Waals surface area (Å²) in [5, 5.41) is 0. The van der Waals surface area contributed by atoms with E-state index in [-0.39, 0.29) is 12.5 Å². The highest BCUT2D eigenvalue weighted by Crippen LogP contribution is 2.22. The molecule has 0 saturated carbocycles. The van der Waals surface area contributed by atoms with E-state index in [2.05, 4.69) is 0 Å². The summed E-state index contributed by atoms with van der Waals surface area (Å²) < 4.78 is 36.2. The van der Waals surface area contributed by atoms with Gasteiger partial charge >= 0.3 is 0 Å². The van der Waals surface area contributed by atoms with Crippen molar-refractivity contribution in [1.82, 2.24) is 0 Å². The van der Waals surface area contributed by atoms with E-state index in [1.54, 1.807) is 6.92 Å². The maximum absolute atomic E-state index is 13.5. The molecule has 88 valence electrons. The molecule has 0 aliphatic carbocycles. The molecular weight excluding hydrogens is 220 g/mol. The Kier molecular flexibility index (Phi) is 4.19. The van der Waals surface area contributed by atoms with Gasteiger partial charge in [0.2, 0.25) is 0 Å². The van der Waals surface area contributed by atoms with Crippen molar-refractivity contribution in [2.45, 2.75) is 6.92 Å². The van der Waals surface area contributed by atoms with E-state index in [4.69, 9.17) is 15.2 Å². The second kappa shape index (κ2) is 5.41.